The van der Waals surface area contributed by atoms with Crippen LogP contribution in [-0.4, -0.2) is 29.5 Å². The molecular weight excluding hydrogens is 625 g/mol. The van der Waals surface area contributed by atoms with Crippen LogP contribution in [0, 0.1) is 0 Å². The van der Waals surface area contributed by atoms with Gasteiger partial charge in [-0.1, -0.05) is 84.9 Å². The maximum absolute atomic E-state index is 4.74. The first-order valence-electron chi connectivity index (χ1n) is 17.2. The monoisotopic (exact) mass is 652 g/mol. The van der Waals surface area contributed by atoms with E-state index in [1.807, 2.05) is 12.4 Å². The highest BCUT2D eigenvalue weighted by Gasteiger charge is 2.29. The lowest BCUT2D eigenvalue weighted by Crippen LogP contribution is -1.99. The Hall–Kier alpha value is -6.92. The van der Waals surface area contributed by atoms with Crippen LogP contribution in [0.2, 0.25) is 0 Å². The summed E-state index contributed by atoms with van der Waals surface area (Å²) in [6.45, 7) is 0. The van der Waals surface area contributed by atoms with E-state index in [2.05, 4.69) is 165 Å². The van der Waals surface area contributed by atoms with E-state index in [-0.39, 0.29) is 0 Å². The van der Waals surface area contributed by atoms with Crippen LogP contribution < -0.4 is 0 Å². The highest BCUT2D eigenvalue weighted by molar-refractivity contribution is 6.12. The first-order chi connectivity index (χ1) is 25.3. The van der Waals surface area contributed by atoms with Crippen LogP contribution in [0.3, 0.4) is 0 Å². The Morgan fingerprint density at radius 2 is 1.00 bits per heavy atom. The van der Waals surface area contributed by atoms with Crippen molar-refractivity contribution in [1.82, 2.24) is 29.5 Å². The number of hydrogen-bond acceptors (Lipinski definition) is 4. The van der Waals surface area contributed by atoms with Crippen molar-refractivity contribution in [2.75, 3.05) is 0 Å². The highest BCUT2D eigenvalue weighted by atomic mass is 15.3. The van der Waals surface area contributed by atoms with E-state index in [0.29, 0.717) is 6.42 Å². The molecule has 0 saturated heterocycles. The summed E-state index contributed by atoms with van der Waals surface area (Å²) in [6, 6.07) is 51.8. The fraction of sp³-hybridized carbons (Fsp3) is 0.0222. The SMILES string of the molecule is c1ccc(-n2c3ccccc3c3cc(-c4cncc5c4-c4c(nnnc4-c4ccc6c(c4)c4ccccc4n6-c4ccccc4)C5)ccc32)cc1. The van der Waals surface area contributed by atoms with Gasteiger partial charge in [0.2, 0.25) is 0 Å². The number of pyridine rings is 1. The van der Waals surface area contributed by atoms with Gasteiger partial charge in [-0.25, -0.2) is 0 Å². The van der Waals surface area contributed by atoms with Gasteiger partial charge in [0.05, 0.1) is 27.8 Å². The molecule has 11 rings (SSSR count). The summed E-state index contributed by atoms with van der Waals surface area (Å²) in [5.41, 5.74) is 15.2. The van der Waals surface area contributed by atoms with Crippen molar-refractivity contribution in [3.8, 4) is 44.9 Å². The topological polar surface area (TPSA) is 61.4 Å². The lowest BCUT2D eigenvalue weighted by molar-refractivity contribution is 0.839. The minimum atomic E-state index is 0.666. The third kappa shape index (κ3) is 4.10. The van der Waals surface area contributed by atoms with Gasteiger partial charge in [-0.2, -0.15) is 0 Å². The van der Waals surface area contributed by atoms with E-state index < -0.39 is 0 Å². The second-order valence-electron chi connectivity index (χ2n) is 13.2. The summed E-state index contributed by atoms with van der Waals surface area (Å²) in [5.74, 6) is 0. The smallest absolute Gasteiger partial charge is 0.104 e. The molecule has 0 aliphatic heterocycles. The molecule has 0 saturated carbocycles. The normalized spacial score (nSPS) is 12.2. The Morgan fingerprint density at radius 3 is 1.65 bits per heavy atom. The molecule has 0 bridgehead atoms. The van der Waals surface area contributed by atoms with Crippen LogP contribution in [-0.2, 0) is 6.42 Å². The standard InChI is InChI=1S/C45H28N6/c1-3-11-31(12-4-1)50-39-17-9-7-15-33(39)35-23-28(19-21-41(35)50)37-27-46-26-30-25-38-44(43(30)37)45(48-49-47-38)29-20-22-42-36(24-29)34-16-8-10-18-40(34)51(42)32-13-5-2-6-14-32/h1-24,26-27H,25H2. The lowest BCUT2D eigenvalue weighted by atomic mass is 9.93. The van der Waals surface area contributed by atoms with Crippen LogP contribution in [0.25, 0.3) is 88.5 Å². The Morgan fingerprint density at radius 1 is 0.451 bits per heavy atom. The molecule has 0 N–H and O–H groups in total. The Kier molecular flexibility index (Phi) is 5.92. The number of nitrogens with zero attached hydrogens (tertiary/aromatic N) is 6. The summed E-state index contributed by atoms with van der Waals surface area (Å²) < 4.78 is 4.68. The number of aromatic nitrogens is 6. The van der Waals surface area contributed by atoms with Crippen LogP contribution in [0.5, 0.6) is 0 Å². The van der Waals surface area contributed by atoms with Crippen molar-refractivity contribution < 1.29 is 0 Å². The molecule has 0 spiro atoms. The predicted octanol–water partition coefficient (Wildman–Crippen LogP) is 10.4. The van der Waals surface area contributed by atoms with Gasteiger partial charge in [0.1, 0.15) is 5.69 Å². The van der Waals surface area contributed by atoms with Crippen molar-refractivity contribution in [1.29, 1.82) is 0 Å². The molecule has 0 unspecified atom stereocenters. The van der Waals surface area contributed by atoms with Crippen LogP contribution in [0.1, 0.15) is 11.3 Å². The van der Waals surface area contributed by atoms with Crippen LogP contribution in [0.15, 0.2) is 158 Å². The average molecular weight is 653 g/mol. The number of rotatable bonds is 4. The number of para-hydroxylation sites is 4. The molecule has 0 radical (unpaired) electrons. The van der Waals surface area contributed by atoms with Crippen molar-refractivity contribution in [3.05, 3.63) is 169 Å². The fourth-order valence-electron chi connectivity index (χ4n) is 8.25. The second-order valence-corrected chi connectivity index (χ2v) is 13.2. The van der Waals surface area contributed by atoms with Gasteiger partial charge in [0.25, 0.3) is 0 Å². The molecule has 0 amide bonds. The summed E-state index contributed by atoms with van der Waals surface area (Å²) in [6.07, 6.45) is 4.63. The summed E-state index contributed by atoms with van der Waals surface area (Å²) >= 11 is 0. The molecule has 4 aromatic heterocycles. The van der Waals surface area contributed by atoms with Gasteiger partial charge in [-0.15, -0.1) is 10.2 Å². The van der Waals surface area contributed by atoms with E-state index in [1.165, 1.54) is 38.1 Å². The molecule has 0 fully saturated rings. The second kappa shape index (κ2) is 10.8. The highest BCUT2D eigenvalue weighted by Crippen LogP contribution is 2.47. The van der Waals surface area contributed by atoms with Crippen LogP contribution >= 0.6 is 0 Å². The number of hydrogen-bond donors (Lipinski definition) is 0. The minimum Gasteiger partial charge on any atom is -0.309 e. The fourth-order valence-corrected chi connectivity index (χ4v) is 8.25. The van der Waals surface area contributed by atoms with E-state index in [0.717, 1.165) is 61.7 Å². The van der Waals surface area contributed by atoms with Crippen molar-refractivity contribution >= 4 is 43.6 Å². The number of benzene rings is 6. The Labute approximate surface area is 292 Å². The van der Waals surface area contributed by atoms with E-state index >= 15 is 0 Å². The Balaban J connectivity index is 1.11. The first-order valence-corrected chi connectivity index (χ1v) is 17.2. The maximum atomic E-state index is 4.74. The summed E-state index contributed by atoms with van der Waals surface area (Å²) in [4.78, 5) is 4.74. The molecule has 1 aliphatic carbocycles. The largest absolute Gasteiger partial charge is 0.309 e. The zero-order valence-electron chi connectivity index (χ0n) is 27.4. The average Bonchev–Trinajstić information content (AvgIpc) is 3.86. The van der Waals surface area contributed by atoms with Gasteiger partial charge in [0, 0.05) is 74.0 Å². The third-order valence-electron chi connectivity index (χ3n) is 10.4. The predicted molar refractivity (Wildman–Crippen MR) is 205 cm³/mol. The van der Waals surface area contributed by atoms with Gasteiger partial charge in [0.15, 0.2) is 0 Å². The van der Waals surface area contributed by atoms with E-state index in [1.54, 1.807) is 0 Å². The first kappa shape index (κ1) is 28.0. The summed E-state index contributed by atoms with van der Waals surface area (Å²) in [7, 11) is 0. The third-order valence-corrected chi connectivity index (χ3v) is 10.4. The lowest BCUT2D eigenvalue weighted by Gasteiger charge is -2.13. The number of fused-ring (bicyclic) bond motifs is 9. The van der Waals surface area contributed by atoms with Crippen molar-refractivity contribution in [2.24, 2.45) is 0 Å². The molecule has 6 heteroatoms. The van der Waals surface area contributed by atoms with Crippen LogP contribution in [0.4, 0.5) is 0 Å². The summed E-state index contributed by atoms with van der Waals surface area (Å²) in [5, 5.41) is 18.4. The molecule has 1 aliphatic rings. The molecule has 51 heavy (non-hydrogen) atoms. The molecule has 0 atom stereocenters. The molecular formula is C45H28N6. The maximum Gasteiger partial charge on any atom is 0.104 e. The zero-order valence-corrected chi connectivity index (χ0v) is 27.4. The van der Waals surface area contributed by atoms with Crippen molar-refractivity contribution in [2.45, 2.75) is 6.42 Å². The van der Waals surface area contributed by atoms with Gasteiger partial charge in [-0.05, 0) is 77.0 Å². The molecule has 4 heterocycles. The minimum absolute atomic E-state index is 0.666. The van der Waals surface area contributed by atoms with E-state index in [9.17, 15) is 0 Å². The zero-order chi connectivity index (χ0) is 33.5. The van der Waals surface area contributed by atoms with Gasteiger partial charge < -0.3 is 9.13 Å². The van der Waals surface area contributed by atoms with E-state index in [4.69, 9.17) is 10.1 Å². The molecule has 238 valence electrons. The van der Waals surface area contributed by atoms with Gasteiger partial charge >= 0.3 is 0 Å². The molecule has 10 aromatic rings. The quantitative estimate of drug-likeness (QED) is 0.190. The Bertz CT molecular complexity index is 2790. The van der Waals surface area contributed by atoms with Crippen molar-refractivity contribution in [3.63, 3.8) is 0 Å². The van der Waals surface area contributed by atoms with Gasteiger partial charge in [-0.3, -0.25) is 4.98 Å². The molecule has 6 nitrogen and oxygen atoms in total. The molecule has 6 aromatic carbocycles.